The van der Waals surface area contributed by atoms with E-state index in [1.54, 1.807) is 19.1 Å². The summed E-state index contributed by atoms with van der Waals surface area (Å²) >= 11 is 0. The third-order valence-corrected chi connectivity index (χ3v) is 2.21. The van der Waals surface area contributed by atoms with Gasteiger partial charge < -0.3 is 16.8 Å². The molecule has 0 unspecified atom stereocenters. The van der Waals surface area contributed by atoms with Crippen LogP contribution in [0.4, 0.5) is 27.7 Å². The Morgan fingerprint density at radius 1 is 1.18 bits per heavy atom. The highest BCUT2D eigenvalue weighted by Crippen LogP contribution is 2.21. The highest BCUT2D eigenvalue weighted by Gasteiger charge is 2.03. The number of halogens is 1. The van der Waals surface area contributed by atoms with Crippen LogP contribution in [0.2, 0.25) is 0 Å². The summed E-state index contributed by atoms with van der Waals surface area (Å²) < 4.78 is 12.9. The molecule has 0 spiro atoms. The van der Waals surface area contributed by atoms with Gasteiger partial charge in [0.05, 0.1) is 0 Å². The van der Waals surface area contributed by atoms with Crippen LogP contribution in [0.25, 0.3) is 0 Å². The molecule has 5 nitrogen and oxygen atoms in total. The van der Waals surface area contributed by atoms with Crippen LogP contribution in [0.1, 0.15) is 5.56 Å². The Morgan fingerprint density at radius 3 is 2.59 bits per heavy atom. The maximum atomic E-state index is 12.9. The van der Waals surface area contributed by atoms with Crippen LogP contribution >= 0.6 is 0 Å². The fraction of sp³-hybridized carbons (Fsp3) is 0.0909. The molecule has 0 fully saturated rings. The SMILES string of the molecule is Cc1cc(F)ccc1Nc1cc(N)nc(N)n1. The average Bonchev–Trinajstić information content (AvgIpc) is 2.21. The number of nitrogens with one attached hydrogen (secondary N) is 1. The molecule has 0 atom stereocenters. The molecule has 0 saturated heterocycles. The first-order chi connectivity index (χ1) is 8.04. The van der Waals surface area contributed by atoms with Gasteiger partial charge in [-0.1, -0.05) is 0 Å². The third kappa shape index (κ3) is 2.60. The highest BCUT2D eigenvalue weighted by atomic mass is 19.1. The van der Waals surface area contributed by atoms with E-state index in [1.165, 1.54) is 12.1 Å². The van der Waals surface area contributed by atoms with Crippen LogP contribution < -0.4 is 16.8 Å². The number of benzene rings is 1. The number of aromatic nitrogens is 2. The second-order valence-electron chi connectivity index (χ2n) is 3.62. The third-order valence-electron chi connectivity index (χ3n) is 2.21. The first-order valence-electron chi connectivity index (χ1n) is 4.98. The average molecular weight is 233 g/mol. The normalized spacial score (nSPS) is 10.2. The van der Waals surface area contributed by atoms with Crippen molar-refractivity contribution in [1.82, 2.24) is 9.97 Å². The Kier molecular flexibility index (Phi) is 2.78. The minimum absolute atomic E-state index is 0.0901. The zero-order valence-electron chi connectivity index (χ0n) is 9.24. The van der Waals surface area contributed by atoms with E-state index in [0.29, 0.717) is 5.82 Å². The van der Waals surface area contributed by atoms with E-state index in [1.807, 2.05) is 0 Å². The lowest BCUT2D eigenvalue weighted by molar-refractivity contribution is 0.627. The molecule has 17 heavy (non-hydrogen) atoms. The molecular formula is C11H12FN5. The molecule has 0 saturated carbocycles. The molecule has 0 radical (unpaired) electrons. The molecule has 1 heterocycles. The van der Waals surface area contributed by atoms with Crippen molar-refractivity contribution in [2.45, 2.75) is 6.92 Å². The Hall–Kier alpha value is -2.37. The van der Waals surface area contributed by atoms with Crippen molar-refractivity contribution in [2.24, 2.45) is 0 Å². The lowest BCUT2D eigenvalue weighted by atomic mass is 10.2. The summed E-state index contributed by atoms with van der Waals surface area (Å²) in [6.45, 7) is 1.79. The molecule has 0 bridgehead atoms. The largest absolute Gasteiger partial charge is 0.383 e. The second kappa shape index (κ2) is 4.25. The van der Waals surface area contributed by atoms with Gasteiger partial charge in [-0.05, 0) is 30.7 Å². The number of anilines is 4. The Morgan fingerprint density at radius 2 is 1.94 bits per heavy atom. The monoisotopic (exact) mass is 233 g/mol. The number of rotatable bonds is 2. The first-order valence-corrected chi connectivity index (χ1v) is 4.98. The molecular weight excluding hydrogens is 221 g/mol. The van der Waals surface area contributed by atoms with E-state index >= 15 is 0 Å². The van der Waals surface area contributed by atoms with Gasteiger partial charge in [-0.15, -0.1) is 0 Å². The van der Waals surface area contributed by atoms with E-state index in [4.69, 9.17) is 11.5 Å². The lowest BCUT2D eigenvalue weighted by Gasteiger charge is -2.09. The summed E-state index contributed by atoms with van der Waals surface area (Å²) in [5.74, 6) is 0.562. The predicted octanol–water partition coefficient (Wildman–Crippen LogP) is 1.83. The van der Waals surface area contributed by atoms with Crippen molar-refractivity contribution in [3.05, 3.63) is 35.6 Å². The second-order valence-corrected chi connectivity index (χ2v) is 3.62. The number of aryl methyl sites for hydroxylation is 1. The lowest BCUT2D eigenvalue weighted by Crippen LogP contribution is -2.03. The van der Waals surface area contributed by atoms with Crippen LogP contribution in [0, 0.1) is 12.7 Å². The zero-order chi connectivity index (χ0) is 12.4. The molecule has 2 rings (SSSR count). The van der Waals surface area contributed by atoms with Gasteiger partial charge in [0.15, 0.2) is 0 Å². The van der Waals surface area contributed by atoms with Crippen LogP contribution in [0.5, 0.6) is 0 Å². The fourth-order valence-corrected chi connectivity index (χ4v) is 1.45. The summed E-state index contributed by atoms with van der Waals surface area (Å²) in [6.07, 6.45) is 0. The Labute approximate surface area is 97.7 Å². The number of nitrogens with zero attached hydrogens (tertiary/aromatic N) is 2. The minimum atomic E-state index is -0.283. The quantitative estimate of drug-likeness (QED) is 0.736. The topological polar surface area (TPSA) is 89.8 Å². The number of nitrogen functional groups attached to an aromatic ring is 2. The van der Waals surface area contributed by atoms with Crippen LogP contribution in [-0.2, 0) is 0 Å². The number of hydrogen-bond donors (Lipinski definition) is 3. The van der Waals surface area contributed by atoms with Gasteiger partial charge in [0.1, 0.15) is 17.5 Å². The molecule has 1 aromatic carbocycles. The zero-order valence-corrected chi connectivity index (χ0v) is 9.24. The van der Waals surface area contributed by atoms with E-state index in [0.717, 1.165) is 11.3 Å². The van der Waals surface area contributed by atoms with Gasteiger partial charge in [-0.3, -0.25) is 0 Å². The van der Waals surface area contributed by atoms with Crippen molar-refractivity contribution >= 4 is 23.3 Å². The van der Waals surface area contributed by atoms with Crippen molar-refractivity contribution in [3.8, 4) is 0 Å². The van der Waals surface area contributed by atoms with Gasteiger partial charge in [0.25, 0.3) is 0 Å². The van der Waals surface area contributed by atoms with Crippen molar-refractivity contribution in [2.75, 3.05) is 16.8 Å². The van der Waals surface area contributed by atoms with Crippen LogP contribution in [0.3, 0.4) is 0 Å². The van der Waals surface area contributed by atoms with Crippen LogP contribution in [-0.4, -0.2) is 9.97 Å². The molecule has 0 aliphatic heterocycles. The van der Waals surface area contributed by atoms with Gasteiger partial charge in [0.2, 0.25) is 5.95 Å². The summed E-state index contributed by atoms with van der Waals surface area (Å²) in [6, 6.07) is 5.97. The van der Waals surface area contributed by atoms with Crippen molar-refractivity contribution in [1.29, 1.82) is 0 Å². The number of hydrogen-bond acceptors (Lipinski definition) is 5. The maximum Gasteiger partial charge on any atom is 0.223 e. The molecule has 0 aliphatic rings. The van der Waals surface area contributed by atoms with E-state index in [-0.39, 0.29) is 17.6 Å². The van der Waals surface area contributed by atoms with E-state index in [2.05, 4.69) is 15.3 Å². The smallest absolute Gasteiger partial charge is 0.223 e. The fourth-order valence-electron chi connectivity index (χ4n) is 1.45. The van der Waals surface area contributed by atoms with Crippen LogP contribution in [0.15, 0.2) is 24.3 Å². The molecule has 88 valence electrons. The number of nitrogens with two attached hydrogens (primary N) is 2. The summed E-state index contributed by atoms with van der Waals surface area (Å²) in [5.41, 5.74) is 12.5. The molecule has 5 N–H and O–H groups in total. The summed E-state index contributed by atoms with van der Waals surface area (Å²) in [7, 11) is 0. The minimum Gasteiger partial charge on any atom is -0.383 e. The Balaban J connectivity index is 2.31. The van der Waals surface area contributed by atoms with E-state index in [9.17, 15) is 4.39 Å². The van der Waals surface area contributed by atoms with Gasteiger partial charge >= 0.3 is 0 Å². The molecule has 2 aromatic rings. The summed E-state index contributed by atoms with van der Waals surface area (Å²) in [5, 5.41) is 3.00. The van der Waals surface area contributed by atoms with Gasteiger partial charge in [-0.25, -0.2) is 4.39 Å². The van der Waals surface area contributed by atoms with Gasteiger partial charge in [0, 0.05) is 11.8 Å². The molecule has 6 heteroatoms. The Bertz CT molecular complexity index is 535. The standard InChI is InChI=1S/C11H12FN5/c1-6-4-7(12)2-3-8(6)15-10-5-9(13)16-11(14)17-10/h2-5H,1H3,(H5,13,14,15,16,17). The van der Waals surface area contributed by atoms with E-state index < -0.39 is 0 Å². The first kappa shape index (κ1) is 11.1. The molecule has 0 amide bonds. The highest BCUT2D eigenvalue weighted by molar-refractivity contribution is 5.62. The summed E-state index contributed by atoms with van der Waals surface area (Å²) in [4.78, 5) is 7.73. The van der Waals surface area contributed by atoms with Crippen molar-refractivity contribution in [3.63, 3.8) is 0 Å². The maximum absolute atomic E-state index is 12.9. The molecule has 1 aromatic heterocycles. The molecule has 0 aliphatic carbocycles. The van der Waals surface area contributed by atoms with Crippen molar-refractivity contribution < 1.29 is 4.39 Å². The predicted molar refractivity (Wildman–Crippen MR) is 65.3 cm³/mol. The van der Waals surface area contributed by atoms with Gasteiger partial charge in [-0.2, -0.15) is 9.97 Å².